The molecule has 0 radical (unpaired) electrons. The van der Waals surface area contributed by atoms with E-state index in [1.165, 1.54) is 29.1 Å². The molecule has 1 atom stereocenters. The lowest BCUT2D eigenvalue weighted by Crippen LogP contribution is -2.47. The van der Waals surface area contributed by atoms with Crippen molar-refractivity contribution in [3.63, 3.8) is 0 Å². The molecule has 172 valence electrons. The van der Waals surface area contributed by atoms with Crippen LogP contribution in [0.2, 0.25) is 5.02 Å². The Bertz CT molecular complexity index is 1110. The number of hydrogen-bond donors (Lipinski definition) is 0. The highest BCUT2D eigenvalue weighted by Crippen LogP contribution is 2.38. The molecule has 0 bridgehead atoms. The van der Waals surface area contributed by atoms with Gasteiger partial charge in [-0.1, -0.05) is 37.1 Å². The van der Waals surface area contributed by atoms with Crippen molar-refractivity contribution < 1.29 is 14.0 Å². The van der Waals surface area contributed by atoms with Crippen molar-refractivity contribution in [2.75, 3.05) is 19.6 Å². The first kappa shape index (κ1) is 23.5. The van der Waals surface area contributed by atoms with Gasteiger partial charge in [-0.3, -0.25) is 9.59 Å². The summed E-state index contributed by atoms with van der Waals surface area (Å²) in [5.74, 6) is -0.750. The molecule has 0 fully saturated rings. The third-order valence-corrected chi connectivity index (χ3v) is 7.21. The lowest BCUT2D eigenvalue weighted by molar-refractivity contribution is -0.134. The zero-order valence-corrected chi connectivity index (χ0v) is 20.0. The van der Waals surface area contributed by atoms with E-state index < -0.39 is 5.82 Å². The number of nitrogens with zero attached hydrogens (tertiary/aromatic N) is 2. The fourth-order valence-corrected chi connectivity index (χ4v) is 5.25. The Labute approximate surface area is 202 Å². The van der Waals surface area contributed by atoms with Crippen molar-refractivity contribution in [1.82, 2.24) is 9.80 Å². The SMILES string of the molecule is CCCCN(CC(=O)N1CCc2sccc2C1c1ccc(Cl)cc1)C(=O)c1ccc(F)cc1. The standard InChI is InChI=1S/C26H26ClFN2O2S/c1-2-3-14-29(26(32)19-6-10-21(28)11-7-19)17-24(31)30-15-12-23-22(13-16-33-23)25(30)18-4-8-20(27)9-5-18/h4-11,13,16,25H,2-3,12,14-15,17H2,1H3. The summed E-state index contributed by atoms with van der Waals surface area (Å²) in [6.07, 6.45) is 2.48. The zero-order valence-electron chi connectivity index (χ0n) is 18.5. The number of unbranched alkanes of at least 4 members (excludes halogenated alkanes) is 1. The molecular formula is C26H26ClFN2O2S. The third kappa shape index (κ3) is 5.28. The van der Waals surface area contributed by atoms with E-state index in [1.54, 1.807) is 16.2 Å². The van der Waals surface area contributed by atoms with Crippen LogP contribution in [0.3, 0.4) is 0 Å². The van der Waals surface area contributed by atoms with Crippen molar-refractivity contribution in [2.45, 2.75) is 32.2 Å². The Morgan fingerprint density at radius 3 is 2.55 bits per heavy atom. The molecule has 1 aliphatic heterocycles. The van der Waals surface area contributed by atoms with Gasteiger partial charge in [0.2, 0.25) is 5.91 Å². The summed E-state index contributed by atoms with van der Waals surface area (Å²) in [6.45, 7) is 3.09. The first-order chi connectivity index (χ1) is 16.0. The quantitative estimate of drug-likeness (QED) is 0.415. The summed E-state index contributed by atoms with van der Waals surface area (Å²) in [5.41, 5.74) is 2.51. The maximum absolute atomic E-state index is 13.6. The molecule has 3 aromatic rings. The van der Waals surface area contributed by atoms with E-state index in [9.17, 15) is 14.0 Å². The first-order valence-electron chi connectivity index (χ1n) is 11.1. The number of amides is 2. The topological polar surface area (TPSA) is 40.6 Å². The number of fused-ring (bicyclic) bond motifs is 1. The number of carbonyl (C=O) groups is 2. The minimum Gasteiger partial charge on any atom is -0.330 e. The fraction of sp³-hybridized carbons (Fsp3) is 0.308. The molecule has 33 heavy (non-hydrogen) atoms. The maximum atomic E-state index is 13.6. The fourth-order valence-electron chi connectivity index (χ4n) is 4.22. The minimum absolute atomic E-state index is 0.0141. The summed E-state index contributed by atoms with van der Waals surface area (Å²) < 4.78 is 13.3. The maximum Gasteiger partial charge on any atom is 0.254 e. The lowest BCUT2D eigenvalue weighted by Gasteiger charge is -2.37. The van der Waals surface area contributed by atoms with Gasteiger partial charge in [-0.05, 0) is 71.8 Å². The van der Waals surface area contributed by atoms with Gasteiger partial charge in [0.05, 0.1) is 6.04 Å². The highest BCUT2D eigenvalue weighted by Gasteiger charge is 2.34. The summed E-state index contributed by atoms with van der Waals surface area (Å²) in [7, 11) is 0. The Morgan fingerprint density at radius 1 is 1.12 bits per heavy atom. The van der Waals surface area contributed by atoms with Crippen molar-refractivity contribution in [3.8, 4) is 0 Å². The van der Waals surface area contributed by atoms with Crippen LogP contribution in [-0.2, 0) is 11.2 Å². The smallest absolute Gasteiger partial charge is 0.254 e. The van der Waals surface area contributed by atoms with Gasteiger partial charge in [-0.25, -0.2) is 4.39 Å². The predicted molar refractivity (Wildman–Crippen MR) is 130 cm³/mol. The van der Waals surface area contributed by atoms with Crippen molar-refractivity contribution in [1.29, 1.82) is 0 Å². The molecule has 0 aliphatic carbocycles. The molecule has 2 aromatic carbocycles. The monoisotopic (exact) mass is 484 g/mol. The summed E-state index contributed by atoms with van der Waals surface area (Å²) in [4.78, 5) is 31.5. The van der Waals surface area contributed by atoms with Crippen LogP contribution in [0.1, 0.15) is 52.2 Å². The number of carbonyl (C=O) groups excluding carboxylic acids is 2. The normalized spacial score (nSPS) is 15.2. The highest BCUT2D eigenvalue weighted by molar-refractivity contribution is 7.10. The molecule has 0 saturated heterocycles. The molecule has 0 spiro atoms. The summed E-state index contributed by atoms with van der Waals surface area (Å²) in [5, 5.41) is 2.71. The van der Waals surface area contributed by atoms with Crippen LogP contribution < -0.4 is 0 Å². The van der Waals surface area contributed by atoms with E-state index in [-0.39, 0.29) is 24.4 Å². The van der Waals surface area contributed by atoms with E-state index in [0.717, 1.165) is 30.4 Å². The second-order valence-electron chi connectivity index (χ2n) is 8.18. The predicted octanol–water partition coefficient (Wildman–Crippen LogP) is 5.96. The molecule has 2 amide bonds. The van der Waals surface area contributed by atoms with Crippen LogP contribution in [0, 0.1) is 5.82 Å². The number of thiophene rings is 1. The molecule has 1 aliphatic rings. The molecule has 0 saturated carbocycles. The van der Waals surface area contributed by atoms with Crippen molar-refractivity contribution in [2.24, 2.45) is 0 Å². The lowest BCUT2D eigenvalue weighted by atomic mass is 9.93. The Balaban J connectivity index is 1.60. The minimum atomic E-state index is -0.395. The molecule has 1 aromatic heterocycles. The van der Waals surface area contributed by atoms with Gasteiger partial charge in [-0.2, -0.15) is 0 Å². The van der Waals surface area contributed by atoms with E-state index in [1.807, 2.05) is 36.1 Å². The van der Waals surface area contributed by atoms with E-state index in [0.29, 0.717) is 23.7 Å². The zero-order chi connectivity index (χ0) is 23.4. The van der Waals surface area contributed by atoms with Crippen LogP contribution in [0.15, 0.2) is 60.0 Å². The third-order valence-electron chi connectivity index (χ3n) is 5.96. The number of rotatable bonds is 7. The molecule has 2 heterocycles. The van der Waals surface area contributed by atoms with Gasteiger partial charge >= 0.3 is 0 Å². The number of benzene rings is 2. The second kappa shape index (κ2) is 10.5. The van der Waals surface area contributed by atoms with E-state index in [4.69, 9.17) is 11.6 Å². The van der Waals surface area contributed by atoms with E-state index in [2.05, 4.69) is 11.4 Å². The number of halogens is 2. The van der Waals surface area contributed by atoms with Gasteiger partial charge < -0.3 is 9.80 Å². The van der Waals surface area contributed by atoms with Gasteiger partial charge in [0, 0.05) is 28.6 Å². The Kier molecular flexibility index (Phi) is 7.46. The Hall–Kier alpha value is -2.70. The largest absolute Gasteiger partial charge is 0.330 e. The van der Waals surface area contributed by atoms with Gasteiger partial charge in [0.15, 0.2) is 0 Å². The van der Waals surface area contributed by atoms with Gasteiger partial charge in [-0.15, -0.1) is 11.3 Å². The average molecular weight is 485 g/mol. The van der Waals surface area contributed by atoms with Gasteiger partial charge in [0.25, 0.3) is 5.91 Å². The second-order valence-corrected chi connectivity index (χ2v) is 9.61. The van der Waals surface area contributed by atoms with Crippen LogP contribution in [0.5, 0.6) is 0 Å². The summed E-state index contributed by atoms with van der Waals surface area (Å²) in [6, 6.07) is 14.9. The molecule has 7 heteroatoms. The van der Waals surface area contributed by atoms with E-state index >= 15 is 0 Å². The van der Waals surface area contributed by atoms with Crippen LogP contribution in [-0.4, -0.2) is 41.2 Å². The molecule has 1 unspecified atom stereocenters. The highest BCUT2D eigenvalue weighted by atomic mass is 35.5. The Morgan fingerprint density at radius 2 is 1.85 bits per heavy atom. The molecule has 4 rings (SSSR count). The number of hydrogen-bond acceptors (Lipinski definition) is 3. The average Bonchev–Trinajstić information content (AvgIpc) is 3.30. The molecular weight excluding hydrogens is 459 g/mol. The first-order valence-corrected chi connectivity index (χ1v) is 12.4. The van der Waals surface area contributed by atoms with Crippen molar-refractivity contribution >= 4 is 34.8 Å². The summed E-state index contributed by atoms with van der Waals surface area (Å²) >= 11 is 7.81. The van der Waals surface area contributed by atoms with Gasteiger partial charge in [0.1, 0.15) is 12.4 Å². The molecule has 4 nitrogen and oxygen atoms in total. The van der Waals surface area contributed by atoms with Crippen LogP contribution in [0.25, 0.3) is 0 Å². The van der Waals surface area contributed by atoms with Crippen molar-refractivity contribution in [3.05, 3.63) is 92.4 Å². The van der Waals surface area contributed by atoms with Crippen LogP contribution in [0.4, 0.5) is 4.39 Å². The molecule has 0 N–H and O–H groups in total. The van der Waals surface area contributed by atoms with Crippen LogP contribution >= 0.6 is 22.9 Å².